The van der Waals surface area contributed by atoms with E-state index in [1.54, 1.807) is 45.0 Å². The Hall–Kier alpha value is -1.27. The molecule has 1 aromatic rings. The topological polar surface area (TPSA) is 56.8 Å². The summed E-state index contributed by atoms with van der Waals surface area (Å²) >= 11 is 3.28. The van der Waals surface area contributed by atoms with Gasteiger partial charge in [0.2, 0.25) is 0 Å². The van der Waals surface area contributed by atoms with Crippen molar-refractivity contribution in [2.75, 3.05) is 0 Å². The Morgan fingerprint density at radius 1 is 1.24 bits per heavy atom. The van der Waals surface area contributed by atoms with Crippen molar-refractivity contribution in [3.8, 4) is 5.75 Å². The van der Waals surface area contributed by atoms with Gasteiger partial charge in [0.05, 0.1) is 0 Å². The van der Waals surface area contributed by atoms with E-state index < -0.39 is 11.7 Å². The van der Waals surface area contributed by atoms with Gasteiger partial charge in [0, 0.05) is 4.47 Å². The van der Waals surface area contributed by atoms with Gasteiger partial charge in [-0.1, -0.05) is 20.9 Å². The number of ether oxygens (including phenoxy) is 1. The monoisotopic (exact) mass is 303 g/mol. The van der Waals surface area contributed by atoms with E-state index in [0.717, 1.165) is 4.47 Å². The molecule has 0 saturated heterocycles. The van der Waals surface area contributed by atoms with Crippen LogP contribution in [-0.4, -0.2) is 11.7 Å². The lowest BCUT2D eigenvalue weighted by molar-refractivity contribution is -0.249. The third-order valence-electron chi connectivity index (χ3n) is 1.48. The van der Waals surface area contributed by atoms with Gasteiger partial charge in [0.25, 0.3) is 0 Å². The second-order valence-electron chi connectivity index (χ2n) is 4.22. The van der Waals surface area contributed by atoms with Crippen molar-refractivity contribution >= 4 is 22.0 Å². The summed E-state index contributed by atoms with van der Waals surface area (Å²) in [6, 6.07) is 6.93. The number of amides is 1. The van der Waals surface area contributed by atoms with E-state index in [4.69, 9.17) is 9.62 Å². The highest BCUT2D eigenvalue weighted by atomic mass is 79.9. The molecule has 0 fully saturated rings. The van der Waals surface area contributed by atoms with Gasteiger partial charge < -0.3 is 9.62 Å². The molecule has 0 aromatic heterocycles. The maximum absolute atomic E-state index is 11.2. The van der Waals surface area contributed by atoms with Gasteiger partial charge in [0.15, 0.2) is 5.75 Å². The van der Waals surface area contributed by atoms with Crippen molar-refractivity contribution < 1.29 is 19.4 Å². The molecule has 0 unspecified atom stereocenters. The molecular weight excluding hydrogens is 290 g/mol. The summed E-state index contributed by atoms with van der Waals surface area (Å²) in [5.74, 6) is 0.462. The van der Waals surface area contributed by atoms with Crippen molar-refractivity contribution in [2.24, 2.45) is 0 Å². The van der Waals surface area contributed by atoms with Gasteiger partial charge in [-0.25, -0.2) is 4.79 Å². The number of hydrogen-bond acceptors (Lipinski definition) is 4. The van der Waals surface area contributed by atoms with Crippen LogP contribution in [0.15, 0.2) is 28.7 Å². The standard InChI is InChI=1S/C11H14BrNO4/c1-11(2,3)15-10(14)13-17-16-9-6-4-8(12)5-7-9/h4-7H,1-3H3,(H,13,14). The van der Waals surface area contributed by atoms with Crippen molar-refractivity contribution in [3.05, 3.63) is 28.7 Å². The number of carbonyl (C=O) groups is 1. The third kappa shape index (κ3) is 6.13. The van der Waals surface area contributed by atoms with Crippen LogP contribution in [0.25, 0.3) is 0 Å². The molecule has 5 nitrogen and oxygen atoms in total. The smallest absolute Gasteiger partial charge is 0.435 e. The summed E-state index contributed by atoms with van der Waals surface area (Å²) in [7, 11) is 0. The van der Waals surface area contributed by atoms with Crippen LogP contribution in [-0.2, 0) is 9.73 Å². The molecule has 17 heavy (non-hydrogen) atoms. The highest BCUT2D eigenvalue weighted by Crippen LogP contribution is 2.15. The number of hydroxylamine groups is 1. The molecule has 0 spiro atoms. The van der Waals surface area contributed by atoms with Crippen molar-refractivity contribution in [2.45, 2.75) is 26.4 Å². The Balaban J connectivity index is 2.28. The van der Waals surface area contributed by atoms with Gasteiger partial charge in [-0.15, -0.1) is 0 Å². The molecule has 0 aliphatic carbocycles. The molecule has 0 atom stereocenters. The van der Waals surface area contributed by atoms with Crippen molar-refractivity contribution in [3.63, 3.8) is 0 Å². The number of benzene rings is 1. The summed E-state index contributed by atoms with van der Waals surface area (Å²) in [5, 5.41) is 0. The fourth-order valence-electron chi connectivity index (χ4n) is 0.892. The fourth-order valence-corrected chi connectivity index (χ4v) is 1.16. The number of rotatable bonds is 3. The lowest BCUT2D eigenvalue weighted by atomic mass is 10.2. The maximum Gasteiger partial charge on any atom is 0.435 e. The molecule has 94 valence electrons. The van der Waals surface area contributed by atoms with E-state index in [1.807, 2.05) is 5.48 Å². The first-order valence-electron chi connectivity index (χ1n) is 4.95. The average Bonchev–Trinajstić information content (AvgIpc) is 2.18. The van der Waals surface area contributed by atoms with Crippen LogP contribution < -0.4 is 10.4 Å². The quantitative estimate of drug-likeness (QED) is 0.688. The zero-order valence-corrected chi connectivity index (χ0v) is 11.4. The molecule has 1 amide bonds. The van der Waals surface area contributed by atoms with Gasteiger partial charge in [-0.3, -0.25) is 0 Å². The second kappa shape index (κ2) is 5.88. The minimum absolute atomic E-state index is 0.462. The van der Waals surface area contributed by atoms with E-state index in [0.29, 0.717) is 5.75 Å². The Labute approximate surface area is 108 Å². The van der Waals surface area contributed by atoms with Crippen LogP contribution in [0.2, 0.25) is 0 Å². The molecule has 0 aliphatic rings. The molecule has 0 aliphatic heterocycles. The van der Waals surface area contributed by atoms with Crippen LogP contribution in [0.1, 0.15) is 20.8 Å². The Bertz CT molecular complexity index is 372. The van der Waals surface area contributed by atoms with Crippen LogP contribution in [0, 0.1) is 0 Å². The molecule has 1 N–H and O–H groups in total. The Kier molecular flexibility index (Phi) is 4.77. The number of nitrogens with one attached hydrogen (secondary N) is 1. The first kappa shape index (κ1) is 13.8. The maximum atomic E-state index is 11.2. The van der Waals surface area contributed by atoms with Crippen molar-refractivity contribution in [1.82, 2.24) is 5.48 Å². The summed E-state index contributed by atoms with van der Waals surface area (Å²) in [5.41, 5.74) is 1.43. The highest BCUT2D eigenvalue weighted by Gasteiger charge is 2.16. The predicted octanol–water partition coefficient (Wildman–Crippen LogP) is 3.20. The summed E-state index contributed by atoms with van der Waals surface area (Å²) in [6.07, 6.45) is -0.713. The zero-order valence-electron chi connectivity index (χ0n) is 9.82. The van der Waals surface area contributed by atoms with Gasteiger partial charge in [0.1, 0.15) is 5.60 Å². The van der Waals surface area contributed by atoms with Crippen molar-refractivity contribution in [1.29, 1.82) is 0 Å². The SMILES string of the molecule is CC(C)(C)OC(=O)NOOc1ccc(Br)cc1. The summed E-state index contributed by atoms with van der Waals surface area (Å²) < 4.78 is 5.85. The fraction of sp³-hybridized carbons (Fsp3) is 0.364. The van der Waals surface area contributed by atoms with E-state index in [1.165, 1.54) is 0 Å². The van der Waals surface area contributed by atoms with Gasteiger partial charge >= 0.3 is 6.09 Å². The largest absolute Gasteiger partial charge is 0.442 e. The molecule has 0 radical (unpaired) electrons. The summed E-state index contributed by atoms with van der Waals surface area (Å²) in [6.45, 7) is 5.26. The number of hydrogen-bond donors (Lipinski definition) is 1. The van der Waals surface area contributed by atoms with E-state index in [-0.39, 0.29) is 0 Å². The zero-order chi connectivity index (χ0) is 12.9. The molecule has 1 rings (SSSR count). The van der Waals surface area contributed by atoms with Crippen LogP contribution in [0.3, 0.4) is 0 Å². The molecule has 6 heteroatoms. The highest BCUT2D eigenvalue weighted by molar-refractivity contribution is 9.10. The van der Waals surface area contributed by atoms with Crippen LogP contribution in [0.5, 0.6) is 5.75 Å². The lowest BCUT2D eigenvalue weighted by Crippen LogP contribution is -2.33. The molecule has 1 aromatic carbocycles. The second-order valence-corrected chi connectivity index (χ2v) is 5.14. The van der Waals surface area contributed by atoms with E-state index in [9.17, 15) is 4.79 Å². The normalized spacial score (nSPS) is 10.8. The molecule has 0 saturated carbocycles. The lowest BCUT2D eigenvalue weighted by Gasteiger charge is -2.18. The van der Waals surface area contributed by atoms with E-state index >= 15 is 0 Å². The van der Waals surface area contributed by atoms with Gasteiger partial charge in [-0.05, 0) is 45.0 Å². The molecule has 0 bridgehead atoms. The Morgan fingerprint density at radius 3 is 2.35 bits per heavy atom. The first-order valence-corrected chi connectivity index (χ1v) is 5.74. The molecule has 0 heterocycles. The minimum Gasteiger partial charge on any atom is -0.442 e. The first-order chi connectivity index (χ1) is 7.87. The Morgan fingerprint density at radius 2 is 1.82 bits per heavy atom. The van der Waals surface area contributed by atoms with Crippen LogP contribution >= 0.6 is 15.9 Å². The number of carbonyl (C=O) groups excluding carboxylic acids is 1. The minimum atomic E-state index is -0.713. The molecular formula is C11H14BrNO4. The number of halogens is 1. The van der Waals surface area contributed by atoms with E-state index in [2.05, 4.69) is 20.9 Å². The van der Waals surface area contributed by atoms with Crippen LogP contribution in [0.4, 0.5) is 4.79 Å². The predicted molar refractivity (Wildman–Crippen MR) is 65.2 cm³/mol. The summed E-state index contributed by atoms with van der Waals surface area (Å²) in [4.78, 5) is 20.5. The third-order valence-corrected chi connectivity index (χ3v) is 2.00. The van der Waals surface area contributed by atoms with Gasteiger partial charge in [-0.2, -0.15) is 5.48 Å². The average molecular weight is 304 g/mol.